The molecule has 1 amide bonds. The van der Waals surface area contributed by atoms with Gasteiger partial charge in [0.15, 0.2) is 5.78 Å². The quantitative estimate of drug-likeness (QED) is 0.372. The number of rotatable bonds is 8. The van der Waals surface area contributed by atoms with E-state index in [0.717, 1.165) is 24.7 Å². The highest BCUT2D eigenvalue weighted by molar-refractivity contribution is 6.14. The highest BCUT2D eigenvalue weighted by atomic mass is 16.5. The number of carboxylic acids is 2. The first-order valence-corrected chi connectivity index (χ1v) is 9.72. The Morgan fingerprint density at radius 3 is 1.61 bits per heavy atom. The van der Waals surface area contributed by atoms with Gasteiger partial charge in [0.25, 0.3) is 5.91 Å². The molecule has 0 radical (unpaired) electrons. The maximum Gasteiger partial charge on any atom is 0.336 e. The Balaban J connectivity index is 1.83. The van der Waals surface area contributed by atoms with Crippen LogP contribution >= 0.6 is 0 Å². The van der Waals surface area contributed by atoms with Crippen molar-refractivity contribution in [3.8, 4) is 11.5 Å². The van der Waals surface area contributed by atoms with Gasteiger partial charge in [-0.25, -0.2) is 9.59 Å². The van der Waals surface area contributed by atoms with E-state index in [1.165, 1.54) is 0 Å². The first-order chi connectivity index (χ1) is 15.7. The van der Waals surface area contributed by atoms with Gasteiger partial charge in [-0.1, -0.05) is 0 Å². The standard InChI is InChI=1S/C24H20N2O7/c1-13(27)18-11-21(24(31)32)19(12-20(18)23(29)30)22(28)26-15-5-9-17(10-6-15)33-16-7-3-14(25-2)4-8-16/h3-12,25H,1-2H3,(H,26,28)(H,29,30)(H,31,32). The molecule has 33 heavy (non-hydrogen) atoms. The summed E-state index contributed by atoms with van der Waals surface area (Å²) in [5, 5.41) is 24.4. The van der Waals surface area contributed by atoms with Crippen LogP contribution in [0.25, 0.3) is 0 Å². The lowest BCUT2D eigenvalue weighted by Gasteiger charge is -2.12. The summed E-state index contributed by atoms with van der Waals surface area (Å²) in [6.07, 6.45) is 0. The Labute approximate surface area is 188 Å². The molecule has 0 aliphatic rings. The van der Waals surface area contributed by atoms with Crippen molar-refractivity contribution >= 4 is 35.0 Å². The Hall–Kier alpha value is -4.66. The summed E-state index contributed by atoms with van der Waals surface area (Å²) < 4.78 is 5.74. The van der Waals surface area contributed by atoms with Crippen molar-refractivity contribution in [2.24, 2.45) is 0 Å². The zero-order valence-electron chi connectivity index (χ0n) is 17.7. The van der Waals surface area contributed by atoms with Gasteiger partial charge in [0, 0.05) is 24.0 Å². The number of carbonyl (C=O) groups is 4. The molecule has 3 rings (SSSR count). The topological polar surface area (TPSA) is 142 Å². The lowest BCUT2D eigenvalue weighted by atomic mass is 9.95. The zero-order valence-corrected chi connectivity index (χ0v) is 17.7. The summed E-state index contributed by atoms with van der Waals surface area (Å²) in [7, 11) is 1.81. The molecule has 3 aromatic rings. The van der Waals surface area contributed by atoms with Gasteiger partial charge in [0.05, 0.1) is 16.7 Å². The van der Waals surface area contributed by atoms with E-state index in [-0.39, 0.29) is 11.1 Å². The Morgan fingerprint density at radius 1 is 0.697 bits per heavy atom. The van der Waals surface area contributed by atoms with E-state index in [2.05, 4.69) is 10.6 Å². The third-order valence-corrected chi connectivity index (χ3v) is 4.73. The van der Waals surface area contributed by atoms with Crippen molar-refractivity contribution < 1.29 is 34.1 Å². The third kappa shape index (κ3) is 5.34. The highest BCUT2D eigenvalue weighted by Gasteiger charge is 2.24. The number of Topliss-reactive ketones (excluding diaryl/α,β-unsaturated/α-hetero) is 1. The molecule has 0 saturated heterocycles. The molecule has 0 aliphatic heterocycles. The van der Waals surface area contributed by atoms with Gasteiger partial charge >= 0.3 is 11.9 Å². The first-order valence-electron chi connectivity index (χ1n) is 9.72. The van der Waals surface area contributed by atoms with Crippen LogP contribution in [-0.4, -0.2) is 40.9 Å². The van der Waals surface area contributed by atoms with Gasteiger partial charge in [-0.15, -0.1) is 0 Å². The smallest absolute Gasteiger partial charge is 0.336 e. The molecule has 9 nitrogen and oxygen atoms in total. The van der Waals surface area contributed by atoms with Crippen LogP contribution in [0.4, 0.5) is 11.4 Å². The van der Waals surface area contributed by atoms with Gasteiger partial charge in [-0.3, -0.25) is 9.59 Å². The van der Waals surface area contributed by atoms with Crippen LogP contribution in [0.3, 0.4) is 0 Å². The maximum atomic E-state index is 12.7. The van der Waals surface area contributed by atoms with E-state index in [0.29, 0.717) is 17.2 Å². The van der Waals surface area contributed by atoms with Crippen LogP contribution in [-0.2, 0) is 0 Å². The average Bonchev–Trinajstić information content (AvgIpc) is 2.79. The molecule has 0 aliphatic carbocycles. The van der Waals surface area contributed by atoms with Crippen LogP contribution in [0.5, 0.6) is 11.5 Å². The number of anilines is 2. The molecule has 0 aromatic heterocycles. The van der Waals surface area contributed by atoms with E-state index in [1.807, 2.05) is 19.2 Å². The largest absolute Gasteiger partial charge is 0.478 e. The van der Waals surface area contributed by atoms with Crippen molar-refractivity contribution in [1.82, 2.24) is 0 Å². The summed E-state index contributed by atoms with van der Waals surface area (Å²) in [5.74, 6) is -3.25. The molecule has 0 saturated carbocycles. The summed E-state index contributed by atoms with van der Waals surface area (Å²) in [4.78, 5) is 47.6. The van der Waals surface area contributed by atoms with Crippen molar-refractivity contribution in [3.05, 3.63) is 82.9 Å². The monoisotopic (exact) mass is 448 g/mol. The predicted molar refractivity (Wildman–Crippen MR) is 121 cm³/mol. The summed E-state index contributed by atoms with van der Waals surface area (Å²) >= 11 is 0. The molecule has 4 N–H and O–H groups in total. The molecular weight excluding hydrogens is 428 g/mol. The van der Waals surface area contributed by atoms with Gasteiger partial charge in [-0.2, -0.15) is 0 Å². The van der Waals surface area contributed by atoms with Gasteiger partial charge in [-0.05, 0) is 67.6 Å². The number of ketones is 1. The van der Waals surface area contributed by atoms with Crippen molar-refractivity contribution in [1.29, 1.82) is 0 Å². The molecule has 0 unspecified atom stereocenters. The highest BCUT2D eigenvalue weighted by Crippen LogP contribution is 2.25. The maximum absolute atomic E-state index is 12.7. The van der Waals surface area contributed by atoms with Crippen molar-refractivity contribution in [2.45, 2.75) is 6.92 Å². The van der Waals surface area contributed by atoms with Gasteiger partial charge < -0.3 is 25.6 Å². The number of hydrogen-bond acceptors (Lipinski definition) is 6. The molecular formula is C24H20N2O7. The molecule has 0 heterocycles. The third-order valence-electron chi connectivity index (χ3n) is 4.73. The van der Waals surface area contributed by atoms with Crippen LogP contribution < -0.4 is 15.4 Å². The van der Waals surface area contributed by atoms with E-state index in [1.54, 1.807) is 36.4 Å². The number of amides is 1. The van der Waals surface area contributed by atoms with Crippen LogP contribution in [0.2, 0.25) is 0 Å². The lowest BCUT2D eigenvalue weighted by molar-refractivity contribution is 0.0677. The van der Waals surface area contributed by atoms with Crippen LogP contribution in [0, 0.1) is 0 Å². The first kappa shape index (κ1) is 23.0. The molecule has 9 heteroatoms. The SMILES string of the molecule is CNc1ccc(Oc2ccc(NC(=O)c3cc(C(=O)O)c(C(C)=O)cc3C(=O)O)cc2)cc1. The average molecular weight is 448 g/mol. The normalized spacial score (nSPS) is 10.2. The Bertz CT molecular complexity index is 1230. The summed E-state index contributed by atoms with van der Waals surface area (Å²) in [5.41, 5.74) is -0.334. The molecule has 0 bridgehead atoms. The van der Waals surface area contributed by atoms with Crippen molar-refractivity contribution in [2.75, 3.05) is 17.7 Å². The second-order valence-corrected chi connectivity index (χ2v) is 6.96. The van der Waals surface area contributed by atoms with Gasteiger partial charge in [0.1, 0.15) is 11.5 Å². The van der Waals surface area contributed by atoms with E-state index >= 15 is 0 Å². The fraction of sp³-hybridized carbons (Fsp3) is 0.0833. The predicted octanol–water partition coefficient (Wildman–Crippen LogP) is 4.37. The van der Waals surface area contributed by atoms with Gasteiger partial charge in [0.2, 0.25) is 0 Å². The second kappa shape index (κ2) is 9.65. The number of ether oxygens (including phenoxy) is 1. The number of carboxylic acid groups (broad SMARTS) is 2. The van der Waals surface area contributed by atoms with Crippen molar-refractivity contribution in [3.63, 3.8) is 0 Å². The van der Waals surface area contributed by atoms with E-state index in [9.17, 15) is 29.4 Å². The van der Waals surface area contributed by atoms with E-state index in [4.69, 9.17) is 4.74 Å². The zero-order chi connectivity index (χ0) is 24.1. The Kier molecular flexibility index (Phi) is 6.73. The summed E-state index contributed by atoms with van der Waals surface area (Å²) in [6.45, 7) is 1.12. The lowest BCUT2D eigenvalue weighted by Crippen LogP contribution is -2.19. The summed E-state index contributed by atoms with van der Waals surface area (Å²) in [6, 6.07) is 15.4. The number of aromatic carboxylic acids is 2. The number of hydrogen-bond donors (Lipinski definition) is 4. The molecule has 0 atom stereocenters. The number of benzene rings is 3. The second-order valence-electron chi connectivity index (χ2n) is 6.96. The molecule has 0 spiro atoms. The Morgan fingerprint density at radius 2 is 1.15 bits per heavy atom. The number of nitrogens with one attached hydrogen (secondary N) is 2. The molecule has 0 fully saturated rings. The fourth-order valence-electron chi connectivity index (χ4n) is 3.06. The van der Waals surface area contributed by atoms with Crippen LogP contribution in [0.1, 0.15) is 48.4 Å². The molecule has 168 valence electrons. The molecule has 3 aromatic carbocycles. The van der Waals surface area contributed by atoms with Crippen LogP contribution in [0.15, 0.2) is 60.7 Å². The number of carbonyl (C=O) groups excluding carboxylic acids is 2. The minimum absolute atomic E-state index is 0.291. The minimum atomic E-state index is -1.47. The fourth-order valence-corrected chi connectivity index (χ4v) is 3.06. The minimum Gasteiger partial charge on any atom is -0.478 e. The van der Waals surface area contributed by atoms with E-state index < -0.39 is 34.8 Å².